The van der Waals surface area contributed by atoms with E-state index in [0.29, 0.717) is 6.54 Å². The van der Waals surface area contributed by atoms with Crippen LogP contribution in [0.2, 0.25) is 0 Å². The third-order valence-electron chi connectivity index (χ3n) is 4.18. The molecule has 0 aliphatic carbocycles. The molecular formula is C20H21NO2S. The molecule has 0 aliphatic heterocycles. The van der Waals surface area contributed by atoms with Gasteiger partial charge in [0.05, 0.1) is 11.5 Å². The highest BCUT2D eigenvalue weighted by Crippen LogP contribution is 2.33. The van der Waals surface area contributed by atoms with Gasteiger partial charge in [-0.05, 0) is 35.9 Å². The molecule has 124 valence electrons. The van der Waals surface area contributed by atoms with Crippen LogP contribution in [0.4, 0.5) is 0 Å². The van der Waals surface area contributed by atoms with Crippen LogP contribution in [0.5, 0.6) is 0 Å². The van der Waals surface area contributed by atoms with Gasteiger partial charge >= 0.3 is 0 Å². The van der Waals surface area contributed by atoms with Crippen LogP contribution in [0, 0.1) is 6.92 Å². The first-order chi connectivity index (χ1) is 11.6. The molecular weight excluding hydrogens is 318 g/mol. The van der Waals surface area contributed by atoms with Gasteiger partial charge in [-0.3, -0.25) is 4.79 Å². The summed E-state index contributed by atoms with van der Waals surface area (Å²) in [5.74, 6) is -0.0210. The number of hydrogen-bond donors (Lipinski definition) is 1. The lowest BCUT2D eigenvalue weighted by molar-refractivity contribution is 0.0771. The number of amides is 1. The Morgan fingerprint density at radius 1 is 1.12 bits per heavy atom. The molecule has 1 N–H and O–H groups in total. The molecule has 0 fully saturated rings. The summed E-state index contributed by atoms with van der Waals surface area (Å²) in [5, 5.41) is 10.3. The number of nitrogens with zero attached hydrogens (tertiary/aromatic N) is 1. The molecule has 0 bridgehead atoms. The van der Waals surface area contributed by atoms with E-state index < -0.39 is 0 Å². The number of rotatable bonds is 5. The predicted molar refractivity (Wildman–Crippen MR) is 99.9 cm³/mol. The van der Waals surface area contributed by atoms with Crippen molar-refractivity contribution in [2.75, 3.05) is 20.2 Å². The van der Waals surface area contributed by atoms with Crippen LogP contribution < -0.4 is 0 Å². The molecule has 3 rings (SSSR count). The van der Waals surface area contributed by atoms with Gasteiger partial charge in [-0.1, -0.05) is 48.0 Å². The number of hydrogen-bond acceptors (Lipinski definition) is 3. The van der Waals surface area contributed by atoms with Gasteiger partial charge in [0.2, 0.25) is 0 Å². The zero-order chi connectivity index (χ0) is 17.1. The summed E-state index contributed by atoms with van der Waals surface area (Å²) in [5.41, 5.74) is 3.50. The Labute approximate surface area is 146 Å². The second-order valence-corrected chi connectivity index (χ2v) is 7.07. The van der Waals surface area contributed by atoms with Crippen LogP contribution in [0.15, 0.2) is 48.5 Å². The molecule has 0 saturated heterocycles. The topological polar surface area (TPSA) is 40.5 Å². The second kappa shape index (κ2) is 7.16. The first-order valence-corrected chi connectivity index (χ1v) is 8.84. The lowest BCUT2D eigenvalue weighted by atomic mass is 10.0. The van der Waals surface area contributed by atoms with Crippen LogP contribution in [-0.2, 0) is 6.42 Å². The molecule has 1 amide bonds. The van der Waals surface area contributed by atoms with E-state index in [1.807, 2.05) is 12.1 Å². The van der Waals surface area contributed by atoms with Crippen molar-refractivity contribution in [2.45, 2.75) is 13.3 Å². The van der Waals surface area contributed by atoms with Gasteiger partial charge in [-0.15, -0.1) is 11.3 Å². The fourth-order valence-electron chi connectivity index (χ4n) is 2.78. The number of fused-ring (bicyclic) bond motifs is 1. The molecule has 1 aromatic heterocycles. The van der Waals surface area contributed by atoms with Gasteiger partial charge in [-0.25, -0.2) is 0 Å². The Hall–Kier alpha value is -2.17. The summed E-state index contributed by atoms with van der Waals surface area (Å²) in [6.45, 7) is 2.39. The van der Waals surface area contributed by atoms with E-state index in [1.54, 1.807) is 11.9 Å². The van der Waals surface area contributed by atoms with Crippen LogP contribution in [0.1, 0.15) is 26.4 Å². The van der Waals surface area contributed by atoms with Crippen molar-refractivity contribution in [3.63, 3.8) is 0 Å². The number of aliphatic hydroxyl groups excluding tert-OH is 1. The number of carbonyl (C=O) groups is 1. The van der Waals surface area contributed by atoms with E-state index in [9.17, 15) is 4.79 Å². The summed E-state index contributed by atoms with van der Waals surface area (Å²) >= 11 is 1.54. The molecule has 1 heterocycles. The molecule has 0 saturated carbocycles. The molecule has 0 aliphatic rings. The van der Waals surface area contributed by atoms with Gasteiger partial charge in [0.15, 0.2) is 0 Å². The smallest absolute Gasteiger partial charge is 0.264 e. The largest absolute Gasteiger partial charge is 0.395 e. The Bertz CT molecular complexity index is 852. The van der Waals surface area contributed by atoms with Gasteiger partial charge in [-0.2, -0.15) is 0 Å². The van der Waals surface area contributed by atoms with Crippen molar-refractivity contribution in [1.29, 1.82) is 0 Å². The van der Waals surface area contributed by atoms with Gasteiger partial charge < -0.3 is 10.0 Å². The number of likely N-dealkylation sites (N-methyl/N-ethyl adjacent to an activating group) is 1. The number of aryl methyl sites for hydroxylation is 1. The van der Waals surface area contributed by atoms with E-state index in [0.717, 1.165) is 26.9 Å². The third-order valence-corrected chi connectivity index (χ3v) is 5.38. The summed E-state index contributed by atoms with van der Waals surface area (Å²) in [6.07, 6.45) is 0.734. The highest BCUT2D eigenvalue weighted by Gasteiger charge is 2.21. The molecule has 4 heteroatoms. The number of thiophene rings is 1. The van der Waals surface area contributed by atoms with Crippen molar-refractivity contribution >= 4 is 27.3 Å². The van der Waals surface area contributed by atoms with Crippen molar-refractivity contribution in [3.8, 4) is 0 Å². The zero-order valence-corrected chi connectivity index (χ0v) is 14.8. The fraction of sp³-hybridized carbons (Fsp3) is 0.250. The van der Waals surface area contributed by atoms with E-state index in [4.69, 9.17) is 5.11 Å². The average Bonchev–Trinajstić information content (AvgIpc) is 2.95. The van der Waals surface area contributed by atoms with E-state index >= 15 is 0 Å². The molecule has 0 atom stereocenters. The molecule has 0 unspecified atom stereocenters. The monoisotopic (exact) mass is 339 g/mol. The van der Waals surface area contributed by atoms with Crippen LogP contribution in [0.3, 0.4) is 0 Å². The highest BCUT2D eigenvalue weighted by molar-refractivity contribution is 7.21. The summed E-state index contributed by atoms with van der Waals surface area (Å²) < 4.78 is 1.13. The summed E-state index contributed by atoms with van der Waals surface area (Å²) in [4.78, 5) is 15.2. The molecule has 3 nitrogen and oxygen atoms in total. The molecule has 24 heavy (non-hydrogen) atoms. The third kappa shape index (κ3) is 3.35. The SMILES string of the molecule is Cc1ccc(Cc2c(C(=O)N(C)CCO)sc3ccccc23)cc1. The molecule has 0 radical (unpaired) electrons. The van der Waals surface area contributed by atoms with E-state index in [1.165, 1.54) is 22.5 Å². The minimum Gasteiger partial charge on any atom is -0.395 e. The maximum Gasteiger partial charge on any atom is 0.264 e. The normalized spacial score (nSPS) is 11.0. The minimum absolute atomic E-state index is 0.0210. The number of aliphatic hydroxyl groups is 1. The molecule has 0 spiro atoms. The van der Waals surface area contributed by atoms with Gasteiger partial charge in [0, 0.05) is 18.3 Å². The maximum absolute atomic E-state index is 12.8. The zero-order valence-electron chi connectivity index (χ0n) is 14.0. The summed E-state index contributed by atoms with van der Waals surface area (Å²) in [7, 11) is 1.73. The fourth-order valence-corrected chi connectivity index (χ4v) is 4.00. The standard InChI is InChI=1S/C20H21NO2S/c1-14-7-9-15(10-8-14)13-17-16-5-3-4-6-18(16)24-19(17)20(23)21(2)11-12-22/h3-10,22H,11-13H2,1-2H3. The first-order valence-electron chi connectivity index (χ1n) is 8.02. The quantitative estimate of drug-likeness (QED) is 0.767. The Morgan fingerprint density at radius 3 is 2.54 bits per heavy atom. The van der Waals surface area contributed by atoms with Crippen molar-refractivity contribution in [1.82, 2.24) is 4.90 Å². The summed E-state index contributed by atoms with van der Waals surface area (Å²) in [6, 6.07) is 16.6. The highest BCUT2D eigenvalue weighted by atomic mass is 32.1. The Kier molecular flexibility index (Phi) is 4.97. The second-order valence-electron chi connectivity index (χ2n) is 6.02. The number of carbonyl (C=O) groups excluding carboxylic acids is 1. The average molecular weight is 339 g/mol. The molecule has 2 aromatic carbocycles. The Balaban J connectivity index is 2.05. The first kappa shape index (κ1) is 16.7. The molecule has 3 aromatic rings. The number of benzene rings is 2. The van der Waals surface area contributed by atoms with Gasteiger partial charge in [0.25, 0.3) is 5.91 Å². The Morgan fingerprint density at radius 2 is 1.83 bits per heavy atom. The predicted octanol–water partition coefficient (Wildman–Crippen LogP) is 3.86. The van der Waals surface area contributed by atoms with Crippen molar-refractivity contribution in [2.24, 2.45) is 0 Å². The minimum atomic E-state index is -0.0274. The van der Waals surface area contributed by atoms with Crippen LogP contribution in [-0.4, -0.2) is 36.1 Å². The van der Waals surface area contributed by atoms with E-state index in [-0.39, 0.29) is 12.5 Å². The van der Waals surface area contributed by atoms with Crippen LogP contribution in [0.25, 0.3) is 10.1 Å². The van der Waals surface area contributed by atoms with Crippen molar-refractivity contribution < 1.29 is 9.90 Å². The lowest BCUT2D eigenvalue weighted by Gasteiger charge is -2.15. The lowest BCUT2D eigenvalue weighted by Crippen LogP contribution is -2.29. The van der Waals surface area contributed by atoms with Crippen LogP contribution >= 0.6 is 11.3 Å². The maximum atomic E-state index is 12.8. The van der Waals surface area contributed by atoms with E-state index in [2.05, 4.69) is 43.3 Å². The van der Waals surface area contributed by atoms with Crippen molar-refractivity contribution in [3.05, 3.63) is 70.1 Å². The van der Waals surface area contributed by atoms with Gasteiger partial charge in [0.1, 0.15) is 0 Å².